The second kappa shape index (κ2) is 6.11. The van der Waals surface area contributed by atoms with Crippen LogP contribution >= 0.6 is 0 Å². The number of aryl methyl sites for hydroxylation is 1. The second-order valence-electron chi connectivity index (χ2n) is 6.46. The van der Waals surface area contributed by atoms with Crippen LogP contribution in [0.3, 0.4) is 0 Å². The molecule has 1 aromatic carbocycles. The summed E-state index contributed by atoms with van der Waals surface area (Å²) in [7, 11) is 2.08. The van der Waals surface area contributed by atoms with Crippen LogP contribution in [0.4, 0.5) is 11.5 Å². The summed E-state index contributed by atoms with van der Waals surface area (Å²) in [5.41, 5.74) is 2.70. The average molecular weight is 323 g/mol. The molecule has 1 saturated heterocycles. The molecular weight excluding hydrogens is 302 g/mol. The van der Waals surface area contributed by atoms with Gasteiger partial charge in [-0.05, 0) is 31.4 Å². The summed E-state index contributed by atoms with van der Waals surface area (Å²) in [5, 5.41) is 4.92. The van der Waals surface area contributed by atoms with Crippen LogP contribution in [0.25, 0.3) is 11.1 Å². The topological polar surface area (TPSA) is 58.3 Å². The number of benzene rings is 1. The fourth-order valence-electron chi connectivity index (χ4n) is 3.52. The molecule has 6 nitrogen and oxygen atoms in total. The lowest BCUT2D eigenvalue weighted by Crippen LogP contribution is -2.29. The van der Waals surface area contributed by atoms with Crippen molar-refractivity contribution in [2.45, 2.75) is 13.3 Å². The molecule has 0 unspecified atom stereocenters. The normalized spacial score (nSPS) is 17.6. The largest absolute Gasteiger partial charge is 0.371 e. The molecule has 0 radical (unpaired) electrons. The van der Waals surface area contributed by atoms with Crippen molar-refractivity contribution in [2.75, 3.05) is 36.5 Å². The lowest BCUT2D eigenvalue weighted by atomic mass is 10.1. The van der Waals surface area contributed by atoms with E-state index in [4.69, 9.17) is 4.52 Å². The molecule has 4 rings (SSSR count). The smallest absolute Gasteiger partial charge is 0.263 e. The lowest BCUT2D eigenvalue weighted by Gasteiger charge is -2.23. The van der Waals surface area contributed by atoms with Gasteiger partial charge in [0, 0.05) is 32.4 Å². The van der Waals surface area contributed by atoms with E-state index in [1.807, 2.05) is 6.92 Å². The zero-order valence-corrected chi connectivity index (χ0v) is 14.0. The van der Waals surface area contributed by atoms with Crippen LogP contribution in [0.15, 0.2) is 41.2 Å². The predicted molar refractivity (Wildman–Crippen MR) is 94.4 cm³/mol. The number of rotatable bonds is 4. The van der Waals surface area contributed by atoms with E-state index in [2.05, 4.69) is 62.3 Å². The maximum absolute atomic E-state index is 5.25. The first-order valence-electron chi connectivity index (χ1n) is 8.30. The van der Waals surface area contributed by atoms with Gasteiger partial charge in [0.2, 0.25) is 0 Å². The molecule has 3 heterocycles. The van der Waals surface area contributed by atoms with Crippen LogP contribution in [-0.4, -0.2) is 41.8 Å². The Morgan fingerprint density at radius 2 is 2.08 bits per heavy atom. The minimum absolute atomic E-state index is 0.557. The molecule has 0 bridgehead atoms. The van der Waals surface area contributed by atoms with Crippen LogP contribution in [0.1, 0.15) is 12.1 Å². The van der Waals surface area contributed by atoms with E-state index in [0.29, 0.717) is 11.6 Å². The number of nitrogens with zero attached hydrogens (tertiary/aromatic N) is 5. The van der Waals surface area contributed by atoms with Crippen molar-refractivity contribution in [1.82, 2.24) is 15.1 Å². The van der Waals surface area contributed by atoms with Crippen molar-refractivity contribution < 1.29 is 4.52 Å². The van der Waals surface area contributed by atoms with E-state index in [1.165, 1.54) is 12.1 Å². The van der Waals surface area contributed by atoms with Gasteiger partial charge < -0.3 is 14.3 Å². The molecule has 3 aromatic rings. The SMILES string of the molecule is Cc1noc2ncnc(N(C)C[C@@H]3CCN(c4ccccc4)C3)c12. The van der Waals surface area contributed by atoms with Gasteiger partial charge in [-0.25, -0.2) is 4.98 Å². The first-order valence-corrected chi connectivity index (χ1v) is 8.30. The molecule has 6 heteroatoms. The fraction of sp³-hybridized carbons (Fsp3) is 0.389. The van der Waals surface area contributed by atoms with Gasteiger partial charge >= 0.3 is 0 Å². The summed E-state index contributed by atoms with van der Waals surface area (Å²) >= 11 is 0. The van der Waals surface area contributed by atoms with Crippen molar-refractivity contribution in [3.05, 3.63) is 42.4 Å². The molecule has 0 saturated carbocycles. The Morgan fingerprint density at radius 1 is 1.25 bits per heavy atom. The van der Waals surface area contributed by atoms with Gasteiger partial charge in [-0.1, -0.05) is 23.4 Å². The maximum atomic E-state index is 5.25. The van der Waals surface area contributed by atoms with Crippen LogP contribution in [0, 0.1) is 12.8 Å². The van der Waals surface area contributed by atoms with Crippen LogP contribution in [0.2, 0.25) is 0 Å². The Labute approximate surface area is 141 Å². The average Bonchev–Trinajstić information content (AvgIpc) is 3.23. The minimum Gasteiger partial charge on any atom is -0.371 e. The maximum Gasteiger partial charge on any atom is 0.263 e. The predicted octanol–water partition coefficient (Wildman–Crippen LogP) is 2.89. The highest BCUT2D eigenvalue weighted by atomic mass is 16.5. The Kier molecular flexibility index (Phi) is 3.80. The highest BCUT2D eigenvalue weighted by Crippen LogP contribution is 2.28. The zero-order chi connectivity index (χ0) is 16.5. The quantitative estimate of drug-likeness (QED) is 0.736. The van der Waals surface area contributed by atoms with E-state index >= 15 is 0 Å². The molecule has 1 fully saturated rings. The molecular formula is C18H21N5O. The first-order chi connectivity index (χ1) is 11.7. The summed E-state index contributed by atoms with van der Waals surface area (Å²) in [6.07, 6.45) is 2.74. The third-order valence-electron chi connectivity index (χ3n) is 4.72. The van der Waals surface area contributed by atoms with Crippen LogP contribution < -0.4 is 9.80 Å². The van der Waals surface area contributed by atoms with Gasteiger partial charge in [0.1, 0.15) is 17.5 Å². The highest BCUT2D eigenvalue weighted by Gasteiger charge is 2.25. The fourth-order valence-corrected chi connectivity index (χ4v) is 3.52. The van der Waals surface area contributed by atoms with E-state index in [0.717, 1.165) is 36.5 Å². The number of hydrogen-bond acceptors (Lipinski definition) is 6. The number of para-hydroxylation sites is 1. The summed E-state index contributed by atoms with van der Waals surface area (Å²) in [6.45, 7) is 5.07. The molecule has 2 aromatic heterocycles. The van der Waals surface area contributed by atoms with Crippen LogP contribution in [-0.2, 0) is 0 Å². The van der Waals surface area contributed by atoms with Gasteiger partial charge in [0.15, 0.2) is 0 Å². The number of fused-ring (bicyclic) bond motifs is 1. The van der Waals surface area contributed by atoms with Crippen molar-refractivity contribution in [2.24, 2.45) is 5.92 Å². The molecule has 1 aliphatic rings. The summed E-state index contributed by atoms with van der Waals surface area (Å²) in [5.74, 6) is 1.51. The summed E-state index contributed by atoms with van der Waals surface area (Å²) < 4.78 is 5.25. The second-order valence-corrected chi connectivity index (χ2v) is 6.46. The van der Waals surface area contributed by atoms with Crippen molar-refractivity contribution in [3.8, 4) is 0 Å². The molecule has 1 atom stereocenters. The van der Waals surface area contributed by atoms with Gasteiger partial charge in [0.05, 0.1) is 5.69 Å². The van der Waals surface area contributed by atoms with E-state index in [1.54, 1.807) is 6.33 Å². The van der Waals surface area contributed by atoms with Crippen molar-refractivity contribution >= 4 is 22.6 Å². The number of anilines is 2. The Balaban J connectivity index is 1.48. The highest BCUT2D eigenvalue weighted by molar-refractivity contribution is 5.87. The van der Waals surface area contributed by atoms with E-state index in [-0.39, 0.29) is 0 Å². The molecule has 124 valence electrons. The molecule has 0 N–H and O–H groups in total. The Hall–Kier alpha value is -2.63. The summed E-state index contributed by atoms with van der Waals surface area (Å²) in [6, 6.07) is 10.6. The van der Waals surface area contributed by atoms with Gasteiger partial charge in [-0.15, -0.1) is 0 Å². The number of aromatic nitrogens is 3. The molecule has 1 aliphatic heterocycles. The van der Waals surface area contributed by atoms with Crippen LogP contribution in [0.5, 0.6) is 0 Å². The van der Waals surface area contributed by atoms with E-state index < -0.39 is 0 Å². The minimum atomic E-state index is 0.557. The first kappa shape index (κ1) is 14.9. The molecule has 24 heavy (non-hydrogen) atoms. The number of hydrogen-bond donors (Lipinski definition) is 0. The lowest BCUT2D eigenvalue weighted by molar-refractivity contribution is 0.442. The third kappa shape index (κ3) is 2.68. The third-order valence-corrected chi connectivity index (χ3v) is 4.72. The Bertz CT molecular complexity index is 832. The monoisotopic (exact) mass is 323 g/mol. The van der Waals surface area contributed by atoms with E-state index in [9.17, 15) is 0 Å². The molecule has 0 aliphatic carbocycles. The van der Waals surface area contributed by atoms with Gasteiger partial charge in [-0.3, -0.25) is 0 Å². The molecule has 0 spiro atoms. The molecule has 0 amide bonds. The summed E-state index contributed by atoms with van der Waals surface area (Å²) in [4.78, 5) is 13.3. The van der Waals surface area contributed by atoms with Crippen molar-refractivity contribution in [1.29, 1.82) is 0 Å². The van der Waals surface area contributed by atoms with Gasteiger partial charge in [-0.2, -0.15) is 4.98 Å². The van der Waals surface area contributed by atoms with Gasteiger partial charge in [0.25, 0.3) is 5.71 Å². The standard InChI is InChI=1S/C18H21N5O/c1-13-16-17(19-12-20-18(16)24-21-13)22(2)10-14-8-9-23(11-14)15-6-4-3-5-7-15/h3-7,12,14H,8-11H2,1-2H3/t14-/m0/s1. The zero-order valence-electron chi connectivity index (χ0n) is 14.0. The Morgan fingerprint density at radius 3 is 2.92 bits per heavy atom. The van der Waals surface area contributed by atoms with Crippen molar-refractivity contribution in [3.63, 3.8) is 0 Å².